The number of nitrogens with zero attached hydrogens (tertiary/aromatic N) is 3. The Kier molecular flexibility index (Phi) is 2.98. The standard InChI is InChI=1S/C11H15N5O4/c12-6-1-4-7(10(13)15-6)14-3-16(4)11-9(19)8(18)5(2-17)20-11/h1,3,5,8-9,11,17-19H,2H2,(H4,12,13,15)/t5-,8-,9-,11-/m1/s1. The van der Waals surface area contributed by atoms with E-state index in [-0.39, 0.29) is 11.6 Å². The first kappa shape index (κ1) is 13.1. The predicted molar refractivity (Wildman–Crippen MR) is 69.4 cm³/mol. The second kappa shape index (κ2) is 4.56. The number of imidazole rings is 1. The third-order valence-corrected chi connectivity index (χ3v) is 3.40. The fourth-order valence-electron chi connectivity index (χ4n) is 2.39. The summed E-state index contributed by atoms with van der Waals surface area (Å²) in [5.74, 6) is 0.383. The molecule has 0 radical (unpaired) electrons. The molecule has 1 saturated heterocycles. The van der Waals surface area contributed by atoms with E-state index in [0.29, 0.717) is 11.0 Å². The van der Waals surface area contributed by atoms with Crippen LogP contribution in [-0.4, -0.2) is 54.8 Å². The van der Waals surface area contributed by atoms with E-state index in [2.05, 4.69) is 9.97 Å². The van der Waals surface area contributed by atoms with Crippen LogP contribution in [0, 0.1) is 0 Å². The summed E-state index contributed by atoms with van der Waals surface area (Å²) in [5.41, 5.74) is 12.3. The molecule has 0 bridgehead atoms. The van der Waals surface area contributed by atoms with Gasteiger partial charge in [0, 0.05) is 6.07 Å². The molecule has 0 aromatic carbocycles. The van der Waals surface area contributed by atoms with Crippen molar-refractivity contribution in [1.82, 2.24) is 14.5 Å². The summed E-state index contributed by atoms with van der Waals surface area (Å²) in [4.78, 5) is 7.99. The number of aliphatic hydroxyl groups is 3. The summed E-state index contributed by atoms with van der Waals surface area (Å²) in [6, 6.07) is 1.55. The highest BCUT2D eigenvalue weighted by molar-refractivity contribution is 5.87. The Bertz CT molecular complexity index is 645. The third-order valence-electron chi connectivity index (χ3n) is 3.40. The van der Waals surface area contributed by atoms with Gasteiger partial charge in [-0.25, -0.2) is 9.97 Å². The van der Waals surface area contributed by atoms with Gasteiger partial charge in [-0.05, 0) is 0 Å². The molecule has 0 spiro atoms. The number of aromatic nitrogens is 3. The largest absolute Gasteiger partial charge is 0.394 e. The molecule has 108 valence electrons. The smallest absolute Gasteiger partial charge is 0.164 e. The van der Waals surface area contributed by atoms with Gasteiger partial charge >= 0.3 is 0 Å². The zero-order valence-electron chi connectivity index (χ0n) is 10.4. The van der Waals surface area contributed by atoms with Crippen LogP contribution in [0.5, 0.6) is 0 Å². The summed E-state index contributed by atoms with van der Waals surface area (Å²) < 4.78 is 6.95. The fourth-order valence-corrected chi connectivity index (χ4v) is 2.39. The van der Waals surface area contributed by atoms with Crippen LogP contribution in [0.2, 0.25) is 0 Å². The van der Waals surface area contributed by atoms with Crippen molar-refractivity contribution in [3.05, 3.63) is 12.4 Å². The van der Waals surface area contributed by atoms with Crippen LogP contribution in [0.4, 0.5) is 11.6 Å². The topological polar surface area (TPSA) is 153 Å². The van der Waals surface area contributed by atoms with E-state index in [0.717, 1.165) is 0 Å². The molecule has 0 aliphatic carbocycles. The second-order valence-electron chi connectivity index (χ2n) is 4.68. The third kappa shape index (κ3) is 1.79. The van der Waals surface area contributed by atoms with E-state index in [1.54, 1.807) is 6.07 Å². The van der Waals surface area contributed by atoms with Crippen molar-refractivity contribution in [3.63, 3.8) is 0 Å². The first-order valence-electron chi connectivity index (χ1n) is 6.04. The first-order valence-corrected chi connectivity index (χ1v) is 6.04. The fraction of sp³-hybridized carbons (Fsp3) is 0.455. The van der Waals surface area contributed by atoms with Crippen LogP contribution >= 0.6 is 0 Å². The number of anilines is 2. The van der Waals surface area contributed by atoms with Gasteiger partial charge < -0.3 is 36.1 Å². The Balaban J connectivity index is 2.07. The normalized spacial score (nSPS) is 30.1. The van der Waals surface area contributed by atoms with Gasteiger partial charge in [-0.1, -0.05) is 0 Å². The maximum atomic E-state index is 10.0. The average Bonchev–Trinajstić information content (AvgIpc) is 2.93. The lowest BCUT2D eigenvalue weighted by Gasteiger charge is -2.17. The van der Waals surface area contributed by atoms with Gasteiger partial charge in [0.15, 0.2) is 12.0 Å². The number of ether oxygens (including phenoxy) is 1. The first-order chi connectivity index (χ1) is 9.52. The Morgan fingerprint density at radius 1 is 1.30 bits per heavy atom. The van der Waals surface area contributed by atoms with Crippen molar-refractivity contribution in [2.45, 2.75) is 24.5 Å². The SMILES string of the molecule is Nc1cc2c(ncn2[C@@H]2O[C@H](CO)[C@@H](O)[C@H]2O)c(N)n1. The van der Waals surface area contributed by atoms with Crippen LogP contribution in [0.3, 0.4) is 0 Å². The minimum absolute atomic E-state index is 0.172. The predicted octanol–water partition coefficient (Wildman–Crippen LogP) is -1.79. The highest BCUT2D eigenvalue weighted by atomic mass is 16.6. The van der Waals surface area contributed by atoms with Gasteiger partial charge in [0.25, 0.3) is 0 Å². The Morgan fingerprint density at radius 2 is 2.05 bits per heavy atom. The number of pyridine rings is 1. The Morgan fingerprint density at radius 3 is 2.70 bits per heavy atom. The summed E-state index contributed by atoms with van der Waals surface area (Å²) in [6.45, 7) is -0.396. The molecule has 2 aromatic heterocycles. The van der Waals surface area contributed by atoms with Crippen molar-refractivity contribution < 1.29 is 20.1 Å². The van der Waals surface area contributed by atoms with E-state index < -0.39 is 31.1 Å². The maximum Gasteiger partial charge on any atom is 0.164 e. The van der Waals surface area contributed by atoms with Gasteiger partial charge in [-0.2, -0.15) is 0 Å². The number of hydrogen-bond donors (Lipinski definition) is 5. The molecule has 4 atom stereocenters. The van der Waals surface area contributed by atoms with Gasteiger partial charge in [0.2, 0.25) is 0 Å². The van der Waals surface area contributed by atoms with E-state index in [1.165, 1.54) is 10.9 Å². The van der Waals surface area contributed by atoms with E-state index in [1.807, 2.05) is 0 Å². The van der Waals surface area contributed by atoms with Gasteiger partial charge in [0.05, 0.1) is 18.5 Å². The quantitative estimate of drug-likeness (QED) is 0.432. The van der Waals surface area contributed by atoms with Crippen molar-refractivity contribution >= 4 is 22.7 Å². The summed E-state index contributed by atoms with van der Waals surface area (Å²) >= 11 is 0. The molecule has 3 heterocycles. The van der Waals surface area contributed by atoms with E-state index >= 15 is 0 Å². The van der Waals surface area contributed by atoms with Crippen molar-refractivity contribution in [2.24, 2.45) is 0 Å². The number of aliphatic hydroxyl groups excluding tert-OH is 3. The minimum atomic E-state index is -1.19. The molecule has 0 unspecified atom stereocenters. The number of nitrogens with two attached hydrogens (primary N) is 2. The number of rotatable bonds is 2. The van der Waals surface area contributed by atoms with Crippen molar-refractivity contribution in [3.8, 4) is 0 Å². The van der Waals surface area contributed by atoms with Crippen LogP contribution in [0.1, 0.15) is 6.23 Å². The molecule has 0 saturated carbocycles. The molecule has 20 heavy (non-hydrogen) atoms. The molecular weight excluding hydrogens is 266 g/mol. The lowest BCUT2D eigenvalue weighted by atomic mass is 10.1. The van der Waals surface area contributed by atoms with Crippen molar-refractivity contribution in [2.75, 3.05) is 18.1 Å². The average molecular weight is 281 g/mol. The van der Waals surface area contributed by atoms with Gasteiger partial charge in [-0.15, -0.1) is 0 Å². The minimum Gasteiger partial charge on any atom is -0.394 e. The number of hydrogen-bond acceptors (Lipinski definition) is 8. The summed E-state index contributed by atoms with van der Waals surface area (Å²) in [6.07, 6.45) is -2.70. The molecule has 9 heteroatoms. The van der Waals surface area contributed by atoms with Crippen molar-refractivity contribution in [1.29, 1.82) is 0 Å². The molecule has 7 N–H and O–H groups in total. The second-order valence-corrected chi connectivity index (χ2v) is 4.68. The van der Waals surface area contributed by atoms with E-state index in [9.17, 15) is 10.2 Å². The number of nitrogen functional groups attached to an aromatic ring is 2. The Labute approximate surface area is 113 Å². The highest BCUT2D eigenvalue weighted by Crippen LogP contribution is 2.32. The molecule has 3 rings (SSSR count). The summed E-state index contributed by atoms with van der Waals surface area (Å²) in [7, 11) is 0. The van der Waals surface area contributed by atoms with Gasteiger partial charge in [0.1, 0.15) is 29.6 Å². The molecule has 0 amide bonds. The lowest BCUT2D eigenvalue weighted by molar-refractivity contribution is -0.0508. The van der Waals surface area contributed by atoms with Gasteiger partial charge in [-0.3, -0.25) is 0 Å². The molecule has 1 aliphatic heterocycles. The van der Waals surface area contributed by atoms with Crippen LogP contribution < -0.4 is 11.5 Å². The summed E-state index contributed by atoms with van der Waals surface area (Å²) in [5, 5.41) is 28.9. The Hall–Kier alpha value is -1.94. The molecule has 9 nitrogen and oxygen atoms in total. The molecular formula is C11H15N5O4. The van der Waals surface area contributed by atoms with Crippen LogP contribution in [0.25, 0.3) is 11.0 Å². The highest BCUT2D eigenvalue weighted by Gasteiger charge is 2.43. The van der Waals surface area contributed by atoms with Crippen LogP contribution in [-0.2, 0) is 4.74 Å². The lowest BCUT2D eigenvalue weighted by Crippen LogP contribution is -2.33. The maximum absolute atomic E-state index is 10.0. The zero-order valence-corrected chi connectivity index (χ0v) is 10.4. The molecule has 2 aromatic rings. The van der Waals surface area contributed by atoms with Crippen LogP contribution in [0.15, 0.2) is 12.4 Å². The zero-order chi connectivity index (χ0) is 14.4. The number of fused-ring (bicyclic) bond motifs is 1. The molecule has 1 fully saturated rings. The molecule has 1 aliphatic rings. The monoisotopic (exact) mass is 281 g/mol. The van der Waals surface area contributed by atoms with E-state index in [4.69, 9.17) is 21.3 Å².